The molecular weight excluding hydrogens is 358 g/mol. The van der Waals surface area contributed by atoms with E-state index in [-0.39, 0.29) is 44.4 Å². The smallest absolute Gasteiger partial charge is 0.822 e. The van der Waals surface area contributed by atoms with E-state index in [0.717, 1.165) is 0 Å². The minimum absolute atomic E-state index is 0. The summed E-state index contributed by atoms with van der Waals surface area (Å²) in [5.41, 5.74) is 0. The molecular formula is FeO4PPb+. The van der Waals surface area contributed by atoms with E-state index in [0.29, 0.717) is 0 Å². The van der Waals surface area contributed by atoms with E-state index >= 15 is 0 Å². The van der Waals surface area contributed by atoms with Crippen LogP contribution in [0.1, 0.15) is 0 Å². The molecule has 0 bridgehead atoms. The van der Waals surface area contributed by atoms with E-state index in [9.17, 15) is 0 Å². The van der Waals surface area contributed by atoms with Crippen molar-refractivity contribution in [1.82, 2.24) is 0 Å². The standard InChI is InChI=1S/Fe.H3O4P.Pb/c;1-5(2,3)4;/h;(H3,1,2,3,4);/q+2;;+2/p-3. The molecule has 0 aliphatic rings. The first-order valence-corrected chi connectivity index (χ1v) is 2.19. The number of phosphoric acid groups is 1. The second kappa shape index (κ2) is 5.68. The molecule has 7 heteroatoms. The van der Waals surface area contributed by atoms with Gasteiger partial charge in [-0.2, -0.15) is 7.82 Å². The third-order valence-corrected chi connectivity index (χ3v) is 0. The molecule has 0 aromatic heterocycles. The molecule has 0 aromatic rings. The zero-order chi connectivity index (χ0) is 4.50. The molecule has 0 saturated heterocycles. The Kier molecular flexibility index (Phi) is 12.8. The predicted molar refractivity (Wildman–Crippen MR) is 13.4 cm³/mol. The minimum atomic E-state index is -5.39. The summed E-state index contributed by atoms with van der Waals surface area (Å²) in [4.78, 5) is 25.6. The summed E-state index contributed by atoms with van der Waals surface area (Å²) >= 11 is 0. The third-order valence-electron chi connectivity index (χ3n) is 0. The van der Waals surface area contributed by atoms with E-state index in [1.165, 1.54) is 0 Å². The van der Waals surface area contributed by atoms with E-state index in [1.807, 2.05) is 0 Å². The van der Waals surface area contributed by atoms with Crippen LogP contribution in [0, 0.1) is 0 Å². The van der Waals surface area contributed by atoms with Crippen LogP contribution >= 0.6 is 7.82 Å². The van der Waals surface area contributed by atoms with Gasteiger partial charge in [-0.05, 0) is 0 Å². The molecule has 0 unspecified atom stereocenters. The van der Waals surface area contributed by atoms with E-state index in [1.54, 1.807) is 0 Å². The van der Waals surface area contributed by atoms with Gasteiger partial charge in [0.1, 0.15) is 0 Å². The van der Waals surface area contributed by atoms with Crippen LogP contribution in [-0.4, -0.2) is 27.3 Å². The van der Waals surface area contributed by atoms with Gasteiger partial charge in [-0.1, -0.05) is 0 Å². The van der Waals surface area contributed by atoms with Gasteiger partial charge in [0.2, 0.25) is 0 Å². The van der Waals surface area contributed by atoms with Crippen molar-refractivity contribution in [3.8, 4) is 0 Å². The van der Waals surface area contributed by atoms with Gasteiger partial charge in [0.05, 0.1) is 0 Å². The summed E-state index contributed by atoms with van der Waals surface area (Å²) in [6, 6.07) is 0. The Labute approximate surface area is 71.2 Å². The fourth-order valence-corrected chi connectivity index (χ4v) is 0. The molecule has 0 spiro atoms. The average molecular weight is 358 g/mol. The van der Waals surface area contributed by atoms with Gasteiger partial charge in [0.15, 0.2) is 0 Å². The summed E-state index contributed by atoms with van der Waals surface area (Å²) in [6.07, 6.45) is 0. The van der Waals surface area contributed by atoms with Crippen LogP contribution in [0.5, 0.6) is 0 Å². The molecule has 7 heavy (non-hydrogen) atoms. The Balaban J connectivity index is -0.0000000800. The number of hydrogen-bond acceptors (Lipinski definition) is 4. The maximum absolute atomic E-state index is 8.55. The third kappa shape index (κ3) is 96.7. The topological polar surface area (TPSA) is 86.2 Å². The van der Waals surface area contributed by atoms with Gasteiger partial charge in [-0.3, -0.25) is 0 Å². The van der Waals surface area contributed by atoms with Gasteiger partial charge >= 0.3 is 44.4 Å². The molecule has 0 fully saturated rings. The molecule has 0 saturated carbocycles. The van der Waals surface area contributed by atoms with Crippen LogP contribution in [-0.2, 0) is 21.6 Å². The molecule has 0 atom stereocenters. The summed E-state index contributed by atoms with van der Waals surface area (Å²) in [5.74, 6) is 0. The second-order valence-electron chi connectivity index (χ2n) is 0.447. The van der Waals surface area contributed by atoms with Gasteiger partial charge in [0, 0.05) is 0 Å². The molecule has 0 aliphatic heterocycles. The Morgan fingerprint density at radius 3 is 1.14 bits per heavy atom. The summed E-state index contributed by atoms with van der Waals surface area (Å²) in [6.45, 7) is 0. The molecule has 40 valence electrons. The fraction of sp³-hybridized carbons (Fsp3) is 0. The van der Waals surface area contributed by atoms with Crippen molar-refractivity contribution < 1.29 is 36.3 Å². The Bertz CT molecular complexity index is 57.8. The minimum Gasteiger partial charge on any atom is -0.822 e. The Morgan fingerprint density at radius 2 is 1.14 bits per heavy atom. The van der Waals surface area contributed by atoms with Crippen LogP contribution in [0.3, 0.4) is 0 Å². The van der Waals surface area contributed by atoms with E-state index in [2.05, 4.69) is 0 Å². The van der Waals surface area contributed by atoms with Gasteiger partial charge in [-0.15, -0.1) is 0 Å². The van der Waals surface area contributed by atoms with Crippen molar-refractivity contribution in [2.45, 2.75) is 0 Å². The van der Waals surface area contributed by atoms with E-state index < -0.39 is 7.82 Å². The van der Waals surface area contributed by atoms with Gasteiger partial charge in [0.25, 0.3) is 0 Å². The second-order valence-corrected chi connectivity index (χ2v) is 1.34. The van der Waals surface area contributed by atoms with Crippen molar-refractivity contribution in [3.05, 3.63) is 0 Å². The normalized spacial score (nSPS) is 8.43. The van der Waals surface area contributed by atoms with Crippen molar-refractivity contribution in [2.24, 2.45) is 0 Å². The summed E-state index contributed by atoms with van der Waals surface area (Å²) in [7, 11) is -5.39. The van der Waals surface area contributed by atoms with Crippen LogP contribution in [0.4, 0.5) is 0 Å². The first kappa shape index (κ1) is 15.8. The van der Waals surface area contributed by atoms with Crippen molar-refractivity contribution >= 4 is 35.1 Å². The maximum atomic E-state index is 8.55. The molecule has 0 aliphatic carbocycles. The molecule has 0 N–H and O–H groups in total. The number of hydrogen-bond donors (Lipinski definition) is 0. The molecule has 0 amide bonds. The van der Waals surface area contributed by atoms with Crippen LogP contribution in [0.25, 0.3) is 0 Å². The first-order valence-electron chi connectivity index (χ1n) is 0.730. The van der Waals surface area contributed by atoms with E-state index in [4.69, 9.17) is 19.2 Å². The predicted octanol–water partition coefficient (Wildman–Crippen LogP) is -3.21. The molecule has 0 rings (SSSR count). The monoisotopic (exact) mass is 359 g/mol. The fourth-order valence-electron chi connectivity index (χ4n) is 0. The zero-order valence-corrected chi connectivity index (χ0v) is 8.82. The van der Waals surface area contributed by atoms with Crippen LogP contribution in [0.15, 0.2) is 0 Å². The van der Waals surface area contributed by atoms with Gasteiger partial charge < -0.3 is 19.2 Å². The quantitative estimate of drug-likeness (QED) is 0.337. The summed E-state index contributed by atoms with van der Waals surface area (Å²) in [5, 5.41) is 0. The SMILES string of the molecule is O=P([O-])([O-])[O-].[Fe+2].[Pb+2]. The molecule has 2 radical (unpaired) electrons. The molecule has 0 heterocycles. The van der Waals surface area contributed by atoms with Gasteiger partial charge in [-0.25, -0.2) is 0 Å². The average Bonchev–Trinajstić information content (AvgIpc) is 0.722. The Morgan fingerprint density at radius 1 is 1.14 bits per heavy atom. The van der Waals surface area contributed by atoms with Crippen LogP contribution < -0.4 is 14.7 Å². The largest absolute Gasteiger partial charge is 2.00 e. The van der Waals surface area contributed by atoms with Crippen molar-refractivity contribution in [1.29, 1.82) is 0 Å². The van der Waals surface area contributed by atoms with Crippen molar-refractivity contribution in [2.75, 3.05) is 0 Å². The first-order chi connectivity index (χ1) is 2.00. The number of rotatable bonds is 0. The molecule has 4 nitrogen and oxygen atoms in total. The maximum Gasteiger partial charge on any atom is 2.00 e. The zero-order valence-electron chi connectivity index (χ0n) is 2.93. The van der Waals surface area contributed by atoms with Crippen LogP contribution in [0.2, 0.25) is 0 Å². The van der Waals surface area contributed by atoms with Crippen molar-refractivity contribution in [3.63, 3.8) is 0 Å². The summed E-state index contributed by atoms with van der Waals surface area (Å²) < 4.78 is 8.55. The Hall–Kier alpha value is 1.55. The molecule has 0 aromatic carbocycles.